The Labute approximate surface area is 136 Å². The zero-order valence-electron chi connectivity index (χ0n) is 12.0. The molecule has 0 spiro atoms. The lowest BCUT2D eigenvalue weighted by molar-refractivity contribution is -0.255. The molecule has 0 unspecified atom stereocenters. The quantitative estimate of drug-likeness (QED) is 0.795. The molecular weight excluding hydrogens is 314 g/mol. The first kappa shape index (κ1) is 15.3. The van der Waals surface area contributed by atoms with Gasteiger partial charge in [0.1, 0.15) is 0 Å². The molecule has 0 N–H and O–H groups in total. The van der Waals surface area contributed by atoms with Gasteiger partial charge in [-0.3, -0.25) is 9.59 Å². The molecule has 1 fully saturated rings. The van der Waals surface area contributed by atoms with Crippen molar-refractivity contribution < 1.29 is 19.5 Å². The Hall–Kier alpha value is -2.60. The highest BCUT2D eigenvalue weighted by Crippen LogP contribution is 2.35. The number of carboxylic acids is 1. The van der Waals surface area contributed by atoms with E-state index >= 15 is 0 Å². The molecule has 1 aliphatic heterocycles. The fourth-order valence-corrected chi connectivity index (χ4v) is 3.61. The molecule has 2 aromatic rings. The van der Waals surface area contributed by atoms with E-state index in [0.717, 1.165) is 16.7 Å². The lowest BCUT2D eigenvalue weighted by Crippen LogP contribution is -2.31. The maximum absolute atomic E-state index is 12.5. The molecular formula is C17H12NO4S-. The molecule has 2 aromatic carbocycles. The van der Waals surface area contributed by atoms with Gasteiger partial charge in [-0.2, -0.15) is 0 Å². The number of anilines is 1. The first-order valence-corrected chi connectivity index (χ1v) is 7.85. The summed E-state index contributed by atoms with van der Waals surface area (Å²) < 4.78 is 0. The van der Waals surface area contributed by atoms with Gasteiger partial charge in [0.25, 0.3) is 0 Å². The van der Waals surface area contributed by atoms with E-state index in [-0.39, 0.29) is 23.8 Å². The van der Waals surface area contributed by atoms with Crippen LogP contribution in [-0.4, -0.2) is 23.0 Å². The van der Waals surface area contributed by atoms with E-state index < -0.39 is 11.2 Å². The minimum Gasteiger partial charge on any atom is -0.545 e. The summed E-state index contributed by atoms with van der Waals surface area (Å²) in [5, 5.41) is 10.5. The second-order valence-corrected chi connectivity index (χ2v) is 6.24. The van der Waals surface area contributed by atoms with Gasteiger partial charge in [0.2, 0.25) is 11.8 Å². The van der Waals surface area contributed by atoms with Crippen molar-refractivity contribution in [1.29, 1.82) is 0 Å². The van der Waals surface area contributed by atoms with Crippen molar-refractivity contribution in [2.24, 2.45) is 0 Å². The Morgan fingerprint density at radius 2 is 1.70 bits per heavy atom. The molecule has 0 aromatic heterocycles. The van der Waals surface area contributed by atoms with Crippen LogP contribution < -0.4 is 10.0 Å². The minimum absolute atomic E-state index is 0.0240. The fourth-order valence-electron chi connectivity index (χ4n) is 2.44. The van der Waals surface area contributed by atoms with Gasteiger partial charge >= 0.3 is 0 Å². The number of rotatable bonds is 4. The van der Waals surface area contributed by atoms with E-state index in [1.165, 1.54) is 6.07 Å². The third-order valence-electron chi connectivity index (χ3n) is 3.50. The van der Waals surface area contributed by atoms with E-state index in [2.05, 4.69) is 0 Å². The van der Waals surface area contributed by atoms with Crippen molar-refractivity contribution in [2.75, 3.05) is 4.90 Å². The number of imide groups is 1. The van der Waals surface area contributed by atoms with Crippen molar-refractivity contribution in [3.63, 3.8) is 0 Å². The molecule has 116 valence electrons. The average molecular weight is 326 g/mol. The van der Waals surface area contributed by atoms with Gasteiger partial charge in [0, 0.05) is 16.9 Å². The maximum atomic E-state index is 12.5. The summed E-state index contributed by atoms with van der Waals surface area (Å²) >= 11 is 1.08. The molecule has 0 saturated carbocycles. The number of para-hydroxylation sites is 1. The summed E-state index contributed by atoms with van der Waals surface area (Å²) in [6.07, 6.45) is 0.0414. The van der Waals surface area contributed by atoms with Crippen LogP contribution in [0.3, 0.4) is 0 Å². The molecule has 3 rings (SSSR count). The fraction of sp³-hybridized carbons (Fsp3) is 0.118. The SMILES string of the molecule is O=C([O-])c1ccccc1S[C@@H]1CC(=O)N(c2ccccc2)C1=O. The predicted octanol–water partition coefficient (Wildman–Crippen LogP) is 1.47. The number of benzene rings is 2. The van der Waals surface area contributed by atoms with Crippen LogP contribution >= 0.6 is 11.8 Å². The monoisotopic (exact) mass is 326 g/mol. The van der Waals surface area contributed by atoms with Crippen molar-refractivity contribution in [3.05, 3.63) is 60.2 Å². The Morgan fingerprint density at radius 3 is 2.39 bits per heavy atom. The number of nitrogens with zero attached hydrogens (tertiary/aromatic N) is 1. The smallest absolute Gasteiger partial charge is 0.247 e. The minimum atomic E-state index is -1.30. The molecule has 0 aliphatic carbocycles. The van der Waals surface area contributed by atoms with Crippen LogP contribution in [-0.2, 0) is 9.59 Å². The van der Waals surface area contributed by atoms with Crippen LogP contribution in [0, 0.1) is 0 Å². The Kier molecular flexibility index (Phi) is 4.16. The summed E-state index contributed by atoms with van der Waals surface area (Å²) in [6, 6.07) is 15.0. The summed E-state index contributed by atoms with van der Waals surface area (Å²) in [7, 11) is 0. The van der Waals surface area contributed by atoms with E-state index in [1.807, 2.05) is 0 Å². The van der Waals surface area contributed by atoms with Crippen LogP contribution in [0.1, 0.15) is 16.8 Å². The first-order chi connectivity index (χ1) is 11.1. The molecule has 1 atom stereocenters. The van der Waals surface area contributed by atoms with E-state index in [4.69, 9.17) is 0 Å². The summed E-state index contributed by atoms with van der Waals surface area (Å²) in [4.78, 5) is 37.4. The third kappa shape index (κ3) is 2.98. The number of hydrogen-bond donors (Lipinski definition) is 0. The number of hydrogen-bond acceptors (Lipinski definition) is 5. The van der Waals surface area contributed by atoms with Gasteiger partial charge in [0.05, 0.1) is 16.9 Å². The van der Waals surface area contributed by atoms with Gasteiger partial charge in [-0.05, 0) is 18.2 Å². The van der Waals surface area contributed by atoms with Crippen molar-refractivity contribution in [1.82, 2.24) is 0 Å². The molecule has 0 bridgehead atoms. The molecule has 1 saturated heterocycles. The molecule has 1 aliphatic rings. The molecule has 6 heteroatoms. The predicted molar refractivity (Wildman–Crippen MR) is 84.0 cm³/mol. The van der Waals surface area contributed by atoms with Crippen LogP contribution in [0.2, 0.25) is 0 Å². The maximum Gasteiger partial charge on any atom is 0.247 e. The van der Waals surface area contributed by atoms with Gasteiger partial charge in [-0.1, -0.05) is 36.4 Å². The van der Waals surface area contributed by atoms with Gasteiger partial charge in [0.15, 0.2) is 0 Å². The Morgan fingerprint density at radius 1 is 1.04 bits per heavy atom. The summed E-state index contributed by atoms with van der Waals surface area (Å²) in [6.45, 7) is 0. The first-order valence-electron chi connectivity index (χ1n) is 6.97. The Bertz CT molecular complexity index is 775. The number of carbonyl (C=O) groups is 3. The second kappa shape index (κ2) is 6.26. The van der Waals surface area contributed by atoms with Crippen molar-refractivity contribution >= 4 is 35.2 Å². The molecule has 5 nitrogen and oxygen atoms in total. The molecule has 1 heterocycles. The topological polar surface area (TPSA) is 77.5 Å². The number of carbonyl (C=O) groups excluding carboxylic acids is 3. The Balaban J connectivity index is 1.85. The van der Waals surface area contributed by atoms with Crippen molar-refractivity contribution in [3.8, 4) is 0 Å². The van der Waals surface area contributed by atoms with E-state index in [9.17, 15) is 19.5 Å². The molecule has 0 radical (unpaired) electrons. The summed E-state index contributed by atoms with van der Waals surface area (Å²) in [5.74, 6) is -1.92. The average Bonchev–Trinajstić information content (AvgIpc) is 2.82. The standard InChI is InChI=1S/C17H13NO4S/c19-15-10-14(16(20)18(15)11-6-2-1-3-7-11)23-13-9-5-4-8-12(13)17(21)22/h1-9,14H,10H2,(H,21,22)/p-1/t14-/m1/s1. The van der Waals surface area contributed by atoms with Gasteiger partial charge in [-0.15, -0.1) is 11.8 Å². The molecule has 2 amide bonds. The van der Waals surface area contributed by atoms with Crippen LogP contribution in [0.15, 0.2) is 59.5 Å². The third-order valence-corrected chi connectivity index (χ3v) is 4.76. The number of amides is 2. The van der Waals surface area contributed by atoms with Crippen LogP contribution in [0.25, 0.3) is 0 Å². The highest BCUT2D eigenvalue weighted by Gasteiger charge is 2.40. The highest BCUT2D eigenvalue weighted by atomic mass is 32.2. The second-order valence-electron chi connectivity index (χ2n) is 5.00. The van der Waals surface area contributed by atoms with Gasteiger partial charge in [-0.25, -0.2) is 4.90 Å². The van der Waals surface area contributed by atoms with E-state index in [1.54, 1.807) is 48.5 Å². The van der Waals surface area contributed by atoms with Crippen LogP contribution in [0.4, 0.5) is 5.69 Å². The molecule has 23 heavy (non-hydrogen) atoms. The van der Waals surface area contributed by atoms with Crippen molar-refractivity contribution in [2.45, 2.75) is 16.6 Å². The zero-order chi connectivity index (χ0) is 16.4. The summed E-state index contributed by atoms with van der Waals surface area (Å²) in [5.41, 5.74) is 0.551. The number of thioether (sulfide) groups is 1. The lowest BCUT2D eigenvalue weighted by atomic mass is 10.2. The number of carboxylic acid groups (broad SMARTS) is 1. The largest absolute Gasteiger partial charge is 0.545 e. The zero-order valence-corrected chi connectivity index (χ0v) is 12.8. The lowest BCUT2D eigenvalue weighted by Gasteiger charge is -2.15. The van der Waals surface area contributed by atoms with Gasteiger partial charge < -0.3 is 9.90 Å². The normalized spacial score (nSPS) is 17.6. The van der Waals surface area contributed by atoms with Crippen LogP contribution in [0.5, 0.6) is 0 Å². The number of aromatic carboxylic acids is 1. The highest BCUT2D eigenvalue weighted by molar-refractivity contribution is 8.00. The van der Waals surface area contributed by atoms with E-state index in [0.29, 0.717) is 10.6 Å².